The number of hydrogen-bond donors (Lipinski definition) is 0. The largest absolute Gasteiger partial charge is 0.468 e. The molecule has 7 nitrogen and oxygen atoms in total. The molecule has 29 heavy (non-hydrogen) atoms. The van der Waals surface area contributed by atoms with E-state index in [2.05, 4.69) is 0 Å². The Kier molecular flexibility index (Phi) is 4.05. The van der Waals surface area contributed by atoms with Crippen LogP contribution in [0.25, 0.3) is 0 Å². The third-order valence-electron chi connectivity index (χ3n) is 5.89. The summed E-state index contributed by atoms with van der Waals surface area (Å²) in [5.74, 6) is -0.970. The van der Waals surface area contributed by atoms with Gasteiger partial charge in [0.2, 0.25) is 5.91 Å². The topological polar surface area (TPSA) is 89.8 Å². The molecule has 3 atom stereocenters. The molecular formula is C22H22N2O5. The fourth-order valence-corrected chi connectivity index (χ4v) is 4.61. The summed E-state index contributed by atoms with van der Waals surface area (Å²) >= 11 is 0. The van der Waals surface area contributed by atoms with Crippen LogP contribution < -0.4 is 4.90 Å². The average Bonchev–Trinajstić information content (AvgIpc) is 3.26. The Balaban J connectivity index is 1.95. The number of benzene rings is 2. The maximum atomic E-state index is 13.4. The first kappa shape index (κ1) is 19.1. The molecule has 7 heteroatoms. The van der Waals surface area contributed by atoms with Crippen LogP contribution in [-0.2, 0) is 19.7 Å². The lowest BCUT2D eigenvalue weighted by Crippen LogP contribution is -2.45. The molecule has 0 radical (unpaired) electrons. The lowest BCUT2D eigenvalue weighted by atomic mass is 9.87. The molecule has 2 aromatic rings. The zero-order chi connectivity index (χ0) is 21.1. The molecule has 1 fully saturated rings. The van der Waals surface area contributed by atoms with E-state index in [0.29, 0.717) is 11.3 Å². The van der Waals surface area contributed by atoms with Gasteiger partial charge in [-0.2, -0.15) is 0 Å². The summed E-state index contributed by atoms with van der Waals surface area (Å²) in [4.78, 5) is 39.0. The van der Waals surface area contributed by atoms with Crippen molar-refractivity contribution in [2.45, 2.75) is 38.1 Å². The van der Waals surface area contributed by atoms with Gasteiger partial charge in [-0.3, -0.25) is 19.7 Å². The summed E-state index contributed by atoms with van der Waals surface area (Å²) in [6.45, 7) is 5.45. The number of non-ortho nitro benzene ring substituents is 1. The molecule has 2 aliphatic rings. The van der Waals surface area contributed by atoms with Crippen LogP contribution in [0.1, 0.15) is 37.8 Å². The molecule has 150 valence electrons. The Hall–Kier alpha value is -3.22. The number of ether oxygens (including phenoxy) is 1. The number of rotatable bonds is 3. The summed E-state index contributed by atoms with van der Waals surface area (Å²) in [6.07, 6.45) is 0. The Labute approximate surface area is 168 Å². The number of nitro benzene ring substituents is 1. The number of esters is 1. The van der Waals surface area contributed by atoms with E-state index in [0.717, 1.165) is 5.56 Å². The van der Waals surface area contributed by atoms with Gasteiger partial charge < -0.3 is 9.64 Å². The number of carbonyl (C=O) groups excluding carboxylic acids is 2. The second kappa shape index (κ2) is 6.14. The highest BCUT2D eigenvalue weighted by Crippen LogP contribution is 2.70. The van der Waals surface area contributed by atoms with Crippen LogP contribution in [0.2, 0.25) is 0 Å². The zero-order valence-electron chi connectivity index (χ0n) is 16.7. The predicted molar refractivity (Wildman–Crippen MR) is 107 cm³/mol. The first-order valence-corrected chi connectivity index (χ1v) is 9.41. The van der Waals surface area contributed by atoms with E-state index in [1.807, 2.05) is 51.1 Å². The van der Waals surface area contributed by atoms with Gasteiger partial charge in [-0.1, -0.05) is 51.1 Å². The van der Waals surface area contributed by atoms with Crippen molar-refractivity contribution >= 4 is 23.3 Å². The van der Waals surface area contributed by atoms with Crippen molar-refractivity contribution in [1.29, 1.82) is 0 Å². The third kappa shape index (κ3) is 2.50. The number of methoxy groups -OCH3 is 1. The van der Waals surface area contributed by atoms with Crippen molar-refractivity contribution in [2.24, 2.45) is 5.41 Å². The summed E-state index contributed by atoms with van der Waals surface area (Å²) in [7, 11) is 1.32. The van der Waals surface area contributed by atoms with E-state index in [4.69, 9.17) is 4.74 Å². The Morgan fingerprint density at radius 3 is 2.34 bits per heavy atom. The van der Waals surface area contributed by atoms with Crippen molar-refractivity contribution < 1.29 is 19.2 Å². The number of fused-ring (bicyclic) bond motifs is 3. The molecule has 0 bridgehead atoms. The minimum absolute atomic E-state index is 0.0636. The number of carbonyl (C=O) groups is 2. The second-order valence-electron chi connectivity index (χ2n) is 8.57. The number of hydrogen-bond acceptors (Lipinski definition) is 5. The summed E-state index contributed by atoms with van der Waals surface area (Å²) in [5, 5.41) is 11.4. The van der Waals surface area contributed by atoms with Crippen LogP contribution in [-0.4, -0.2) is 30.0 Å². The van der Waals surface area contributed by atoms with Crippen molar-refractivity contribution in [1.82, 2.24) is 0 Å². The van der Waals surface area contributed by atoms with Crippen LogP contribution in [0.5, 0.6) is 0 Å². The molecule has 0 saturated heterocycles. The molecule has 1 heterocycles. The fourth-order valence-electron chi connectivity index (χ4n) is 4.61. The Bertz CT molecular complexity index is 1030. The Morgan fingerprint density at radius 1 is 1.14 bits per heavy atom. The lowest BCUT2D eigenvalue weighted by molar-refractivity contribution is -0.384. The van der Waals surface area contributed by atoms with E-state index < -0.39 is 33.7 Å². The van der Waals surface area contributed by atoms with Gasteiger partial charge in [0, 0.05) is 29.2 Å². The van der Waals surface area contributed by atoms with E-state index in [1.54, 1.807) is 11.0 Å². The number of anilines is 1. The highest BCUT2D eigenvalue weighted by atomic mass is 16.6. The lowest BCUT2D eigenvalue weighted by Gasteiger charge is -2.32. The highest BCUT2D eigenvalue weighted by Gasteiger charge is 2.78. The molecule has 0 spiro atoms. The number of amides is 1. The zero-order valence-corrected chi connectivity index (χ0v) is 16.7. The molecule has 4 rings (SSSR count). The molecule has 0 N–H and O–H groups in total. The minimum atomic E-state index is -1.07. The maximum Gasteiger partial charge on any atom is 0.319 e. The highest BCUT2D eigenvalue weighted by molar-refractivity contribution is 6.07. The molecule has 2 aromatic carbocycles. The Morgan fingerprint density at radius 2 is 1.79 bits per heavy atom. The van der Waals surface area contributed by atoms with Crippen LogP contribution in [0.15, 0.2) is 48.5 Å². The van der Waals surface area contributed by atoms with Gasteiger partial charge in [-0.15, -0.1) is 0 Å². The van der Waals surface area contributed by atoms with Crippen molar-refractivity contribution in [3.63, 3.8) is 0 Å². The quantitative estimate of drug-likeness (QED) is 0.451. The first-order valence-electron chi connectivity index (χ1n) is 9.41. The summed E-state index contributed by atoms with van der Waals surface area (Å²) in [5.41, 5.74) is 0.183. The van der Waals surface area contributed by atoms with Gasteiger partial charge in [-0.05, 0) is 17.2 Å². The SMILES string of the molecule is COC(=O)[C@@]1(c2ccccc2)[C@@H]2c3cc([N+](=O)[O-])ccc3N(C(=O)C(C)(C)C)[C@@H]21. The van der Waals surface area contributed by atoms with E-state index >= 15 is 0 Å². The van der Waals surface area contributed by atoms with E-state index in [9.17, 15) is 19.7 Å². The smallest absolute Gasteiger partial charge is 0.319 e. The molecule has 0 unspecified atom stereocenters. The monoisotopic (exact) mass is 394 g/mol. The average molecular weight is 394 g/mol. The van der Waals surface area contributed by atoms with Crippen molar-refractivity contribution in [3.05, 3.63) is 69.8 Å². The van der Waals surface area contributed by atoms with Gasteiger partial charge in [-0.25, -0.2) is 0 Å². The standard InChI is InChI=1S/C22H22N2O5/c1-21(2,3)19(25)23-16-11-10-14(24(27)28)12-15(16)17-18(23)22(17,20(26)29-4)13-8-6-5-7-9-13/h5-12,17-18H,1-4H3/t17-,18+,22+/m1/s1. The summed E-state index contributed by atoms with van der Waals surface area (Å²) in [6, 6.07) is 13.2. The first-order chi connectivity index (χ1) is 13.7. The molecule has 1 amide bonds. The van der Waals surface area contributed by atoms with Crippen molar-refractivity contribution in [3.8, 4) is 0 Å². The van der Waals surface area contributed by atoms with Crippen LogP contribution in [0.3, 0.4) is 0 Å². The van der Waals surface area contributed by atoms with Crippen molar-refractivity contribution in [2.75, 3.05) is 12.0 Å². The van der Waals surface area contributed by atoms with Crippen LogP contribution >= 0.6 is 0 Å². The maximum absolute atomic E-state index is 13.4. The number of nitrogens with zero attached hydrogens (tertiary/aromatic N) is 2. The molecule has 1 aliphatic carbocycles. The molecule has 1 aliphatic heterocycles. The van der Waals surface area contributed by atoms with Crippen LogP contribution in [0, 0.1) is 15.5 Å². The second-order valence-corrected chi connectivity index (χ2v) is 8.57. The minimum Gasteiger partial charge on any atom is -0.468 e. The molecule has 0 aromatic heterocycles. The molecular weight excluding hydrogens is 372 g/mol. The van der Waals surface area contributed by atoms with Crippen LogP contribution in [0.4, 0.5) is 11.4 Å². The predicted octanol–water partition coefficient (Wildman–Crippen LogP) is 3.56. The van der Waals surface area contributed by atoms with Gasteiger partial charge in [0.25, 0.3) is 5.69 Å². The third-order valence-corrected chi connectivity index (χ3v) is 5.89. The van der Waals surface area contributed by atoms with Gasteiger partial charge in [0.05, 0.1) is 18.1 Å². The molecule has 1 saturated carbocycles. The normalized spacial score (nSPS) is 24.5. The number of nitro groups is 1. The van der Waals surface area contributed by atoms with E-state index in [1.165, 1.54) is 19.2 Å². The fraction of sp³-hybridized carbons (Fsp3) is 0.364. The van der Waals surface area contributed by atoms with Gasteiger partial charge in [0.15, 0.2) is 0 Å². The summed E-state index contributed by atoms with van der Waals surface area (Å²) < 4.78 is 5.16. The van der Waals surface area contributed by atoms with Gasteiger partial charge in [0.1, 0.15) is 5.41 Å². The van der Waals surface area contributed by atoms with Gasteiger partial charge >= 0.3 is 5.97 Å². The van der Waals surface area contributed by atoms with E-state index in [-0.39, 0.29) is 11.6 Å².